The first-order chi connectivity index (χ1) is 10.6. The number of hydrogen-bond donors (Lipinski definition) is 1. The molecular weight excluding hydrogens is 278 g/mol. The molecule has 2 heterocycles. The van der Waals surface area contributed by atoms with Crippen molar-refractivity contribution in [1.29, 1.82) is 0 Å². The summed E-state index contributed by atoms with van der Waals surface area (Å²) in [5.41, 5.74) is 1.86. The molecule has 110 valence electrons. The number of carbonyl (C=O) groups excluding carboxylic acids is 2. The molecule has 0 bridgehead atoms. The Balaban J connectivity index is 1.63. The molecule has 2 aliphatic rings. The van der Waals surface area contributed by atoms with Crippen molar-refractivity contribution in [2.45, 2.75) is 11.8 Å². The van der Waals surface area contributed by atoms with E-state index in [1.807, 2.05) is 24.3 Å². The van der Waals surface area contributed by atoms with Crippen molar-refractivity contribution >= 4 is 23.2 Å². The highest BCUT2D eigenvalue weighted by molar-refractivity contribution is 6.15. The Morgan fingerprint density at radius 1 is 1.32 bits per heavy atom. The minimum absolute atomic E-state index is 0.0139. The van der Waals surface area contributed by atoms with Gasteiger partial charge in [0.1, 0.15) is 0 Å². The van der Waals surface area contributed by atoms with Crippen LogP contribution in [0.4, 0.5) is 11.4 Å². The van der Waals surface area contributed by atoms with Gasteiger partial charge in [-0.15, -0.1) is 0 Å². The lowest BCUT2D eigenvalue weighted by molar-refractivity contribution is -0.123. The maximum Gasteiger partial charge on any atom is 0.238 e. The summed E-state index contributed by atoms with van der Waals surface area (Å²) >= 11 is 0. The molecule has 1 fully saturated rings. The van der Waals surface area contributed by atoms with Crippen molar-refractivity contribution in [3.05, 3.63) is 54.4 Å². The second-order valence-electron chi connectivity index (χ2n) is 5.84. The molecular formula is C17H15N3O2. The number of rotatable bonds is 2. The van der Waals surface area contributed by atoms with Gasteiger partial charge in [0, 0.05) is 18.9 Å². The molecule has 0 saturated heterocycles. The van der Waals surface area contributed by atoms with Crippen molar-refractivity contribution in [3.8, 4) is 0 Å². The lowest BCUT2D eigenvalue weighted by atomic mass is 9.94. The standard InChI is InChI=1S/C17H15N3O2/c1-20-14-7-3-2-6-12(14)17(16(20)22)9-13(17)15(21)19-11-5-4-8-18-10-11/h2-8,10,13H,9H2,1H3,(H,19,21)/t13-,17-/m0/s1. The highest BCUT2D eigenvalue weighted by Crippen LogP contribution is 2.61. The zero-order valence-electron chi connectivity index (χ0n) is 12.1. The molecule has 5 heteroatoms. The first kappa shape index (κ1) is 13.0. The molecule has 5 nitrogen and oxygen atoms in total. The highest BCUT2D eigenvalue weighted by atomic mass is 16.2. The fraction of sp³-hybridized carbons (Fsp3) is 0.235. The Kier molecular flexibility index (Phi) is 2.60. The topological polar surface area (TPSA) is 62.3 Å². The summed E-state index contributed by atoms with van der Waals surface area (Å²) in [5, 5.41) is 2.85. The molecule has 1 aromatic heterocycles. The SMILES string of the molecule is CN1C(=O)[C@@]2(C[C@H]2C(=O)Nc2cccnc2)c2ccccc21. The number of amides is 2. The summed E-state index contributed by atoms with van der Waals surface area (Å²) in [5.74, 6) is -0.419. The number of benzene rings is 1. The molecule has 1 saturated carbocycles. The number of hydrogen-bond acceptors (Lipinski definition) is 3. The average molecular weight is 293 g/mol. The zero-order chi connectivity index (χ0) is 15.3. The number of aromatic nitrogens is 1. The monoisotopic (exact) mass is 293 g/mol. The van der Waals surface area contributed by atoms with Gasteiger partial charge in [0.25, 0.3) is 0 Å². The molecule has 0 unspecified atom stereocenters. The van der Waals surface area contributed by atoms with E-state index in [0.717, 1.165) is 11.3 Å². The van der Waals surface area contributed by atoms with E-state index in [9.17, 15) is 9.59 Å². The fourth-order valence-corrected chi connectivity index (χ4v) is 3.45. The van der Waals surface area contributed by atoms with Crippen LogP contribution in [0.1, 0.15) is 12.0 Å². The number of anilines is 2. The molecule has 1 spiro atoms. The van der Waals surface area contributed by atoms with Gasteiger partial charge in [0.15, 0.2) is 0 Å². The molecule has 1 aromatic carbocycles. The number of nitrogens with zero attached hydrogens (tertiary/aromatic N) is 2. The van der Waals surface area contributed by atoms with Crippen LogP contribution in [-0.4, -0.2) is 23.8 Å². The molecule has 1 aliphatic heterocycles. The van der Waals surface area contributed by atoms with E-state index in [1.54, 1.807) is 36.5 Å². The van der Waals surface area contributed by atoms with E-state index in [2.05, 4.69) is 10.3 Å². The molecule has 22 heavy (non-hydrogen) atoms. The van der Waals surface area contributed by atoms with Crippen molar-refractivity contribution in [3.63, 3.8) is 0 Å². The number of nitrogens with one attached hydrogen (secondary N) is 1. The third-order valence-corrected chi connectivity index (χ3v) is 4.64. The maximum atomic E-state index is 12.6. The van der Waals surface area contributed by atoms with E-state index < -0.39 is 5.41 Å². The van der Waals surface area contributed by atoms with Gasteiger partial charge in [-0.1, -0.05) is 18.2 Å². The number of likely N-dealkylation sites (N-methyl/N-ethyl adjacent to an activating group) is 1. The lowest BCUT2D eigenvalue weighted by Gasteiger charge is -2.11. The smallest absolute Gasteiger partial charge is 0.238 e. The quantitative estimate of drug-likeness (QED) is 0.920. The van der Waals surface area contributed by atoms with Crippen LogP contribution in [0.15, 0.2) is 48.8 Å². The minimum Gasteiger partial charge on any atom is -0.324 e. The van der Waals surface area contributed by atoms with Gasteiger partial charge in [0.2, 0.25) is 11.8 Å². The van der Waals surface area contributed by atoms with Crippen LogP contribution in [0.25, 0.3) is 0 Å². The van der Waals surface area contributed by atoms with Crippen LogP contribution in [0.5, 0.6) is 0 Å². The second-order valence-corrected chi connectivity index (χ2v) is 5.84. The van der Waals surface area contributed by atoms with Gasteiger partial charge >= 0.3 is 0 Å². The second kappa shape index (κ2) is 4.40. The van der Waals surface area contributed by atoms with Crippen molar-refractivity contribution in [2.75, 3.05) is 17.3 Å². The van der Waals surface area contributed by atoms with Gasteiger partial charge in [-0.3, -0.25) is 14.6 Å². The third kappa shape index (κ3) is 1.62. The first-order valence-electron chi connectivity index (χ1n) is 7.23. The van der Waals surface area contributed by atoms with Crippen molar-refractivity contribution < 1.29 is 9.59 Å². The number of pyridine rings is 1. The normalized spacial score (nSPS) is 25.2. The summed E-state index contributed by atoms with van der Waals surface area (Å²) < 4.78 is 0. The minimum atomic E-state index is -0.669. The third-order valence-electron chi connectivity index (χ3n) is 4.64. The molecule has 2 aromatic rings. The Labute approximate surface area is 128 Å². The summed E-state index contributed by atoms with van der Waals surface area (Å²) in [6.07, 6.45) is 3.82. The van der Waals surface area contributed by atoms with Gasteiger partial charge in [0.05, 0.1) is 23.2 Å². The molecule has 2 atom stereocenters. The first-order valence-corrected chi connectivity index (χ1v) is 7.23. The van der Waals surface area contributed by atoms with E-state index in [4.69, 9.17) is 0 Å². The average Bonchev–Trinajstić information content (AvgIpc) is 3.27. The van der Waals surface area contributed by atoms with Crippen LogP contribution >= 0.6 is 0 Å². The van der Waals surface area contributed by atoms with Crippen LogP contribution in [0.3, 0.4) is 0 Å². The number of para-hydroxylation sites is 1. The van der Waals surface area contributed by atoms with E-state index in [-0.39, 0.29) is 17.7 Å². The van der Waals surface area contributed by atoms with E-state index in [1.165, 1.54) is 0 Å². The zero-order valence-corrected chi connectivity index (χ0v) is 12.1. The van der Waals surface area contributed by atoms with Gasteiger partial charge in [-0.2, -0.15) is 0 Å². The molecule has 1 aliphatic carbocycles. The predicted octanol–water partition coefficient (Wildman–Crippen LogP) is 1.95. The molecule has 2 amide bonds. The Morgan fingerprint density at radius 3 is 2.91 bits per heavy atom. The predicted molar refractivity (Wildman–Crippen MR) is 82.5 cm³/mol. The Bertz CT molecular complexity index is 774. The van der Waals surface area contributed by atoms with Crippen LogP contribution in [-0.2, 0) is 15.0 Å². The summed E-state index contributed by atoms with van der Waals surface area (Å²) in [4.78, 5) is 30.8. The van der Waals surface area contributed by atoms with Gasteiger partial charge in [-0.05, 0) is 30.2 Å². The molecule has 0 radical (unpaired) electrons. The lowest BCUT2D eigenvalue weighted by Crippen LogP contribution is -2.32. The van der Waals surface area contributed by atoms with Gasteiger partial charge in [-0.25, -0.2) is 0 Å². The van der Waals surface area contributed by atoms with Crippen LogP contribution in [0.2, 0.25) is 0 Å². The fourth-order valence-electron chi connectivity index (χ4n) is 3.45. The van der Waals surface area contributed by atoms with Crippen molar-refractivity contribution in [2.24, 2.45) is 5.92 Å². The van der Waals surface area contributed by atoms with Gasteiger partial charge < -0.3 is 10.2 Å². The Morgan fingerprint density at radius 2 is 2.14 bits per heavy atom. The summed E-state index contributed by atoms with van der Waals surface area (Å²) in [6, 6.07) is 11.3. The summed E-state index contributed by atoms with van der Waals surface area (Å²) in [6.45, 7) is 0. The largest absolute Gasteiger partial charge is 0.324 e. The highest BCUT2D eigenvalue weighted by Gasteiger charge is 2.69. The van der Waals surface area contributed by atoms with E-state index in [0.29, 0.717) is 12.1 Å². The maximum absolute atomic E-state index is 12.6. The summed E-state index contributed by atoms with van der Waals surface area (Å²) in [7, 11) is 1.77. The molecule has 4 rings (SSSR count). The molecule has 1 N–H and O–H groups in total. The van der Waals surface area contributed by atoms with Crippen molar-refractivity contribution in [1.82, 2.24) is 4.98 Å². The Hall–Kier alpha value is -2.69. The van der Waals surface area contributed by atoms with Crippen LogP contribution < -0.4 is 10.2 Å². The number of fused-ring (bicyclic) bond motifs is 2. The van der Waals surface area contributed by atoms with E-state index >= 15 is 0 Å². The number of carbonyl (C=O) groups is 2. The van der Waals surface area contributed by atoms with Crippen LogP contribution in [0, 0.1) is 5.92 Å².